The molecule has 0 spiro atoms. The smallest absolute Gasteiger partial charge is 0.0645 e. The molecule has 2 aromatic rings. The van der Waals surface area contributed by atoms with Gasteiger partial charge in [0.2, 0.25) is 0 Å². The zero-order valence-corrected chi connectivity index (χ0v) is 11.9. The van der Waals surface area contributed by atoms with Crippen LogP contribution < -0.4 is 5.73 Å². The molecule has 0 radical (unpaired) electrons. The third kappa shape index (κ3) is 3.37. The first-order valence-electron chi connectivity index (χ1n) is 7.16. The van der Waals surface area contributed by atoms with E-state index in [0.717, 1.165) is 32.6 Å². The molecule has 0 aliphatic rings. The highest BCUT2D eigenvalue weighted by Gasteiger charge is 2.08. The molecule has 104 valence electrons. The maximum Gasteiger partial charge on any atom is 0.0645 e. The largest absolute Gasteiger partial charge is 0.380 e. The minimum absolute atomic E-state index is 0.248. The molecule has 0 bridgehead atoms. The summed E-state index contributed by atoms with van der Waals surface area (Å²) >= 11 is 0. The van der Waals surface area contributed by atoms with Gasteiger partial charge in [-0.25, -0.2) is 0 Å². The van der Waals surface area contributed by atoms with Crippen LogP contribution in [-0.4, -0.2) is 23.8 Å². The number of rotatable bonds is 7. The fourth-order valence-electron chi connectivity index (χ4n) is 2.39. The van der Waals surface area contributed by atoms with E-state index in [1.54, 1.807) is 0 Å². The van der Waals surface area contributed by atoms with Crippen molar-refractivity contribution in [2.45, 2.75) is 39.3 Å². The summed E-state index contributed by atoms with van der Waals surface area (Å²) in [7, 11) is 0. The summed E-state index contributed by atoms with van der Waals surface area (Å²) in [5, 5.41) is 1.32. The van der Waals surface area contributed by atoms with Crippen molar-refractivity contribution in [3.63, 3.8) is 0 Å². The molecule has 0 amide bonds. The number of ether oxygens (including phenoxy) is 1. The molecule has 1 atom stereocenters. The quantitative estimate of drug-likeness (QED) is 0.777. The van der Waals surface area contributed by atoms with E-state index in [4.69, 9.17) is 10.5 Å². The van der Waals surface area contributed by atoms with Gasteiger partial charge in [0, 0.05) is 36.3 Å². The second-order valence-corrected chi connectivity index (χ2v) is 4.93. The van der Waals surface area contributed by atoms with Crippen LogP contribution in [0.15, 0.2) is 30.5 Å². The van der Waals surface area contributed by atoms with Crippen molar-refractivity contribution < 1.29 is 4.74 Å². The molecule has 1 unspecified atom stereocenters. The number of hydrogen-bond acceptors (Lipinski definition) is 2. The van der Waals surface area contributed by atoms with Crippen LogP contribution >= 0.6 is 0 Å². The van der Waals surface area contributed by atoms with Crippen molar-refractivity contribution in [2.75, 3.05) is 13.2 Å². The first kappa shape index (κ1) is 14.1. The maximum atomic E-state index is 6.07. The average Bonchev–Trinajstić information content (AvgIpc) is 2.83. The number of hydrogen-bond donors (Lipinski definition) is 1. The van der Waals surface area contributed by atoms with E-state index in [1.165, 1.54) is 16.5 Å². The fourth-order valence-corrected chi connectivity index (χ4v) is 2.39. The lowest BCUT2D eigenvalue weighted by Gasteiger charge is -2.11. The van der Waals surface area contributed by atoms with Crippen molar-refractivity contribution in [3.8, 4) is 0 Å². The molecule has 0 aliphatic carbocycles. The number of fused-ring (bicyclic) bond motifs is 1. The molecule has 1 aromatic heterocycles. The summed E-state index contributed by atoms with van der Waals surface area (Å²) in [5.74, 6) is 0. The van der Waals surface area contributed by atoms with Crippen molar-refractivity contribution >= 4 is 10.9 Å². The molecule has 0 saturated heterocycles. The van der Waals surface area contributed by atoms with E-state index in [2.05, 4.69) is 42.0 Å². The van der Waals surface area contributed by atoms with E-state index in [0.29, 0.717) is 0 Å². The second kappa shape index (κ2) is 6.73. The van der Waals surface area contributed by atoms with E-state index in [1.807, 2.05) is 6.92 Å². The van der Waals surface area contributed by atoms with E-state index in [-0.39, 0.29) is 6.04 Å². The van der Waals surface area contributed by atoms with Crippen LogP contribution in [0.5, 0.6) is 0 Å². The van der Waals surface area contributed by atoms with Crippen molar-refractivity contribution in [1.29, 1.82) is 0 Å². The Hall–Kier alpha value is -1.32. The highest BCUT2D eigenvalue weighted by atomic mass is 16.5. The van der Waals surface area contributed by atoms with E-state index < -0.39 is 0 Å². The standard InChI is InChI=1S/C16H24N2O/c1-3-14(17)12-13-6-5-7-16-15(13)8-9-18(16)10-11-19-4-2/h5-9,14H,3-4,10-12,17H2,1-2H3. The Morgan fingerprint density at radius 1 is 1.26 bits per heavy atom. The Kier molecular flexibility index (Phi) is 5.00. The summed E-state index contributed by atoms with van der Waals surface area (Å²) in [6.45, 7) is 6.60. The number of nitrogens with zero attached hydrogens (tertiary/aromatic N) is 1. The van der Waals surface area contributed by atoms with Gasteiger partial charge in [0.15, 0.2) is 0 Å². The molecule has 0 fully saturated rings. The predicted octanol–water partition coefficient (Wildman–Crippen LogP) is 2.96. The molecule has 1 aromatic carbocycles. The minimum Gasteiger partial charge on any atom is -0.380 e. The Balaban J connectivity index is 2.21. The molecule has 3 heteroatoms. The van der Waals surface area contributed by atoms with Gasteiger partial charge in [0.1, 0.15) is 0 Å². The third-order valence-electron chi connectivity index (χ3n) is 3.59. The Morgan fingerprint density at radius 2 is 2.11 bits per heavy atom. The summed E-state index contributed by atoms with van der Waals surface area (Å²) < 4.78 is 7.68. The molecule has 19 heavy (non-hydrogen) atoms. The van der Waals surface area contributed by atoms with Crippen LogP contribution in [0.2, 0.25) is 0 Å². The zero-order chi connectivity index (χ0) is 13.7. The maximum absolute atomic E-state index is 6.07. The van der Waals surface area contributed by atoms with Crippen LogP contribution in [0.4, 0.5) is 0 Å². The summed E-state index contributed by atoms with van der Waals surface area (Å²) in [6, 6.07) is 8.92. The van der Waals surface area contributed by atoms with Crippen molar-refractivity contribution in [3.05, 3.63) is 36.0 Å². The fraction of sp³-hybridized carbons (Fsp3) is 0.500. The first-order valence-corrected chi connectivity index (χ1v) is 7.16. The average molecular weight is 260 g/mol. The van der Waals surface area contributed by atoms with Crippen LogP contribution in [0, 0.1) is 0 Å². The van der Waals surface area contributed by atoms with Crippen LogP contribution in [0.25, 0.3) is 10.9 Å². The summed E-state index contributed by atoms with van der Waals surface area (Å²) in [4.78, 5) is 0. The monoisotopic (exact) mass is 260 g/mol. The lowest BCUT2D eigenvalue weighted by atomic mass is 10.0. The van der Waals surface area contributed by atoms with Gasteiger partial charge in [0.05, 0.1) is 6.61 Å². The Labute approximate surface area is 115 Å². The third-order valence-corrected chi connectivity index (χ3v) is 3.59. The van der Waals surface area contributed by atoms with Gasteiger partial charge in [-0.05, 0) is 37.5 Å². The van der Waals surface area contributed by atoms with Crippen LogP contribution in [-0.2, 0) is 17.7 Å². The predicted molar refractivity (Wildman–Crippen MR) is 80.4 cm³/mol. The highest BCUT2D eigenvalue weighted by Crippen LogP contribution is 2.21. The molecular formula is C16H24N2O. The first-order chi connectivity index (χ1) is 9.26. The summed E-state index contributed by atoms with van der Waals surface area (Å²) in [6.07, 6.45) is 4.11. The molecular weight excluding hydrogens is 236 g/mol. The topological polar surface area (TPSA) is 40.2 Å². The highest BCUT2D eigenvalue weighted by molar-refractivity contribution is 5.83. The van der Waals surface area contributed by atoms with E-state index >= 15 is 0 Å². The molecule has 0 saturated carbocycles. The summed E-state index contributed by atoms with van der Waals surface area (Å²) in [5.41, 5.74) is 8.70. The normalized spacial score (nSPS) is 13.0. The van der Waals surface area contributed by atoms with Gasteiger partial charge in [0.25, 0.3) is 0 Å². The van der Waals surface area contributed by atoms with E-state index in [9.17, 15) is 0 Å². The van der Waals surface area contributed by atoms with Gasteiger partial charge in [-0.3, -0.25) is 0 Å². The van der Waals surface area contributed by atoms with Crippen LogP contribution in [0.1, 0.15) is 25.8 Å². The molecule has 2 N–H and O–H groups in total. The zero-order valence-electron chi connectivity index (χ0n) is 11.9. The van der Waals surface area contributed by atoms with Crippen LogP contribution in [0.3, 0.4) is 0 Å². The van der Waals surface area contributed by atoms with Gasteiger partial charge in [-0.2, -0.15) is 0 Å². The molecule has 1 heterocycles. The molecule has 0 aliphatic heterocycles. The van der Waals surface area contributed by atoms with Crippen molar-refractivity contribution in [1.82, 2.24) is 4.57 Å². The van der Waals surface area contributed by atoms with Crippen molar-refractivity contribution in [2.24, 2.45) is 5.73 Å². The lowest BCUT2D eigenvalue weighted by molar-refractivity contribution is 0.140. The molecule has 3 nitrogen and oxygen atoms in total. The SMILES string of the molecule is CCOCCn1ccc2c(CC(N)CC)cccc21. The van der Waals surface area contributed by atoms with Gasteiger partial charge in [-0.15, -0.1) is 0 Å². The minimum atomic E-state index is 0.248. The Morgan fingerprint density at radius 3 is 2.84 bits per heavy atom. The number of nitrogens with two attached hydrogens (primary N) is 1. The van der Waals surface area contributed by atoms with Gasteiger partial charge >= 0.3 is 0 Å². The molecule has 2 rings (SSSR count). The lowest BCUT2D eigenvalue weighted by Crippen LogP contribution is -2.21. The van der Waals surface area contributed by atoms with Gasteiger partial charge in [-0.1, -0.05) is 19.1 Å². The second-order valence-electron chi connectivity index (χ2n) is 4.93. The number of benzene rings is 1. The van der Waals surface area contributed by atoms with Gasteiger partial charge < -0.3 is 15.0 Å². The Bertz CT molecular complexity index is 518. The number of aromatic nitrogens is 1.